The maximum absolute atomic E-state index is 5.80. The van der Waals surface area contributed by atoms with E-state index in [0.29, 0.717) is 12.2 Å². The van der Waals surface area contributed by atoms with E-state index in [0.717, 1.165) is 12.8 Å². The highest BCUT2D eigenvalue weighted by Crippen LogP contribution is 2.37. The van der Waals surface area contributed by atoms with Crippen LogP contribution >= 0.6 is 0 Å². The quantitative estimate of drug-likeness (QED) is 0.516. The Labute approximate surface area is 73.5 Å². The predicted molar refractivity (Wildman–Crippen MR) is 46.8 cm³/mol. The van der Waals surface area contributed by atoms with Crippen LogP contribution in [0.4, 0.5) is 0 Å². The molecule has 1 fully saturated rings. The first-order chi connectivity index (χ1) is 5.60. The van der Waals surface area contributed by atoms with Gasteiger partial charge in [0.1, 0.15) is 0 Å². The Morgan fingerprint density at radius 3 is 3.00 bits per heavy atom. The van der Waals surface area contributed by atoms with Crippen molar-refractivity contribution in [1.82, 2.24) is 0 Å². The fourth-order valence-corrected chi connectivity index (χ4v) is 2.02. The third kappa shape index (κ3) is 1.19. The molecule has 2 aliphatic heterocycles. The minimum absolute atomic E-state index is 0.331. The Balaban J connectivity index is 2.27. The topological polar surface area (TPSA) is 18.5 Å². The van der Waals surface area contributed by atoms with Gasteiger partial charge >= 0.3 is 0 Å². The van der Waals surface area contributed by atoms with E-state index in [9.17, 15) is 0 Å². The van der Waals surface area contributed by atoms with Crippen molar-refractivity contribution in [1.29, 1.82) is 0 Å². The zero-order valence-corrected chi connectivity index (χ0v) is 7.96. The summed E-state index contributed by atoms with van der Waals surface area (Å²) in [7, 11) is 0. The molecule has 3 atom stereocenters. The standard InChI is InChI=1S/C10H16O2/c1-7-4-5-9-6-8(2)11-10(7,3)12-9/h4,8-9H,5-6H2,1-3H3. The molecule has 3 unspecified atom stereocenters. The molecule has 0 aromatic carbocycles. The van der Waals surface area contributed by atoms with E-state index in [1.165, 1.54) is 5.57 Å². The summed E-state index contributed by atoms with van der Waals surface area (Å²) < 4.78 is 11.6. The summed E-state index contributed by atoms with van der Waals surface area (Å²) in [5.74, 6) is -0.430. The molecule has 0 aromatic rings. The van der Waals surface area contributed by atoms with Gasteiger partial charge in [-0.1, -0.05) is 6.08 Å². The van der Waals surface area contributed by atoms with Gasteiger partial charge < -0.3 is 9.47 Å². The van der Waals surface area contributed by atoms with Crippen molar-refractivity contribution in [2.75, 3.05) is 0 Å². The summed E-state index contributed by atoms with van der Waals surface area (Å²) in [6, 6.07) is 0. The van der Waals surface area contributed by atoms with Crippen LogP contribution in [-0.4, -0.2) is 18.0 Å². The summed E-state index contributed by atoms with van der Waals surface area (Å²) >= 11 is 0. The average molecular weight is 168 g/mol. The average Bonchev–Trinajstić information content (AvgIpc) is 1.96. The lowest BCUT2D eigenvalue weighted by Crippen LogP contribution is -2.48. The maximum atomic E-state index is 5.80. The van der Waals surface area contributed by atoms with Crippen LogP contribution in [0.1, 0.15) is 33.6 Å². The molecule has 2 aliphatic rings. The summed E-state index contributed by atoms with van der Waals surface area (Å²) in [6.07, 6.45) is 5.02. The Bertz CT molecular complexity index is 222. The van der Waals surface area contributed by atoms with Crippen molar-refractivity contribution in [2.45, 2.75) is 51.6 Å². The van der Waals surface area contributed by atoms with E-state index < -0.39 is 5.79 Å². The molecule has 2 nitrogen and oxygen atoms in total. The van der Waals surface area contributed by atoms with Crippen LogP contribution in [0.3, 0.4) is 0 Å². The van der Waals surface area contributed by atoms with Gasteiger partial charge in [0.05, 0.1) is 12.2 Å². The Morgan fingerprint density at radius 1 is 1.50 bits per heavy atom. The van der Waals surface area contributed by atoms with Gasteiger partial charge in [0.25, 0.3) is 0 Å². The molecular formula is C10H16O2. The van der Waals surface area contributed by atoms with Gasteiger partial charge in [-0.05, 0) is 32.8 Å². The fourth-order valence-electron chi connectivity index (χ4n) is 2.02. The van der Waals surface area contributed by atoms with Crippen molar-refractivity contribution in [3.63, 3.8) is 0 Å². The van der Waals surface area contributed by atoms with E-state index in [-0.39, 0.29) is 0 Å². The van der Waals surface area contributed by atoms with Crippen molar-refractivity contribution >= 4 is 0 Å². The summed E-state index contributed by atoms with van der Waals surface area (Å²) in [4.78, 5) is 0. The van der Waals surface area contributed by atoms with E-state index >= 15 is 0 Å². The monoisotopic (exact) mass is 168 g/mol. The molecule has 2 rings (SSSR count). The van der Waals surface area contributed by atoms with Crippen LogP contribution in [0, 0.1) is 0 Å². The van der Waals surface area contributed by atoms with Gasteiger partial charge in [0, 0.05) is 6.42 Å². The molecule has 0 N–H and O–H groups in total. The molecule has 0 aliphatic carbocycles. The van der Waals surface area contributed by atoms with E-state index in [1.807, 2.05) is 6.92 Å². The van der Waals surface area contributed by atoms with Crippen LogP contribution in [0.25, 0.3) is 0 Å². The number of hydrogen-bond donors (Lipinski definition) is 0. The maximum Gasteiger partial charge on any atom is 0.188 e. The highest BCUT2D eigenvalue weighted by atomic mass is 16.7. The highest BCUT2D eigenvalue weighted by Gasteiger charge is 2.40. The van der Waals surface area contributed by atoms with Crippen LogP contribution in [0.2, 0.25) is 0 Å². The molecule has 0 spiro atoms. The van der Waals surface area contributed by atoms with Gasteiger partial charge in [-0.15, -0.1) is 0 Å². The lowest BCUT2D eigenvalue weighted by molar-refractivity contribution is -0.289. The zero-order chi connectivity index (χ0) is 8.77. The number of hydrogen-bond acceptors (Lipinski definition) is 2. The van der Waals surface area contributed by atoms with Crippen molar-refractivity contribution < 1.29 is 9.47 Å². The molecular weight excluding hydrogens is 152 g/mol. The molecule has 1 saturated heterocycles. The summed E-state index contributed by atoms with van der Waals surface area (Å²) in [5, 5.41) is 0. The zero-order valence-electron chi connectivity index (χ0n) is 7.96. The van der Waals surface area contributed by atoms with Crippen molar-refractivity contribution in [3.8, 4) is 0 Å². The van der Waals surface area contributed by atoms with Crippen LogP contribution < -0.4 is 0 Å². The molecule has 2 bridgehead atoms. The van der Waals surface area contributed by atoms with Crippen molar-refractivity contribution in [2.24, 2.45) is 0 Å². The van der Waals surface area contributed by atoms with Gasteiger partial charge in [0.15, 0.2) is 5.79 Å². The molecule has 2 heteroatoms. The molecule has 0 amide bonds. The Kier molecular flexibility index (Phi) is 1.77. The first-order valence-corrected chi connectivity index (χ1v) is 4.63. The third-order valence-corrected chi connectivity index (χ3v) is 2.82. The van der Waals surface area contributed by atoms with E-state index in [4.69, 9.17) is 9.47 Å². The molecule has 2 heterocycles. The highest BCUT2D eigenvalue weighted by molar-refractivity contribution is 5.14. The molecule has 12 heavy (non-hydrogen) atoms. The Hall–Kier alpha value is -0.340. The molecule has 0 radical (unpaired) electrons. The number of rotatable bonds is 0. The smallest absolute Gasteiger partial charge is 0.188 e. The van der Waals surface area contributed by atoms with Gasteiger partial charge in [0.2, 0.25) is 0 Å². The molecule has 68 valence electrons. The minimum atomic E-state index is -0.430. The SMILES string of the molecule is CC1=CCC2CC(C)OC1(C)O2. The first-order valence-electron chi connectivity index (χ1n) is 4.63. The number of ether oxygens (including phenoxy) is 2. The lowest BCUT2D eigenvalue weighted by Gasteiger charge is -2.45. The normalized spacial score (nSPS) is 47.1. The second-order valence-corrected chi connectivity index (χ2v) is 3.97. The van der Waals surface area contributed by atoms with Gasteiger partial charge in [-0.25, -0.2) is 0 Å². The third-order valence-electron chi connectivity index (χ3n) is 2.82. The fraction of sp³-hybridized carbons (Fsp3) is 0.800. The second kappa shape index (κ2) is 2.57. The number of fused-ring (bicyclic) bond motifs is 2. The summed E-state index contributed by atoms with van der Waals surface area (Å²) in [6.45, 7) is 6.21. The van der Waals surface area contributed by atoms with E-state index in [2.05, 4.69) is 19.9 Å². The minimum Gasteiger partial charge on any atom is -0.343 e. The molecule has 0 aromatic heterocycles. The van der Waals surface area contributed by atoms with Gasteiger partial charge in [-0.2, -0.15) is 0 Å². The lowest BCUT2D eigenvalue weighted by atomic mass is 9.96. The molecule has 0 saturated carbocycles. The van der Waals surface area contributed by atoms with Crippen LogP contribution in [-0.2, 0) is 9.47 Å². The van der Waals surface area contributed by atoms with Crippen LogP contribution in [0.5, 0.6) is 0 Å². The Morgan fingerprint density at radius 2 is 2.25 bits per heavy atom. The van der Waals surface area contributed by atoms with E-state index in [1.54, 1.807) is 0 Å². The largest absolute Gasteiger partial charge is 0.343 e. The first kappa shape index (κ1) is 8.27. The predicted octanol–water partition coefficient (Wildman–Crippen LogP) is 2.25. The van der Waals surface area contributed by atoms with Gasteiger partial charge in [-0.3, -0.25) is 0 Å². The second-order valence-electron chi connectivity index (χ2n) is 3.97. The summed E-state index contributed by atoms with van der Waals surface area (Å²) in [5.41, 5.74) is 1.21. The van der Waals surface area contributed by atoms with Crippen LogP contribution in [0.15, 0.2) is 11.6 Å². The van der Waals surface area contributed by atoms with Crippen molar-refractivity contribution in [3.05, 3.63) is 11.6 Å².